The summed E-state index contributed by atoms with van der Waals surface area (Å²) in [5.41, 5.74) is 0. The highest BCUT2D eigenvalue weighted by Crippen LogP contribution is 2.39. The van der Waals surface area contributed by atoms with Crippen molar-refractivity contribution >= 4 is 0 Å². The van der Waals surface area contributed by atoms with Gasteiger partial charge in [-0.2, -0.15) is 0 Å². The molecule has 0 atom stereocenters. The fourth-order valence-electron chi connectivity index (χ4n) is 2.30. The minimum absolute atomic E-state index is 1.00. The molecule has 2 bridgehead atoms. The largest absolute Gasteiger partial charge is 0.292 e. The number of hydrogen-bond donors (Lipinski definition) is 0. The maximum atomic E-state index is 3.14. The lowest BCUT2D eigenvalue weighted by Crippen LogP contribution is -2.48. The molecular formula is C12H21N. The van der Waals surface area contributed by atoms with Gasteiger partial charge in [0.2, 0.25) is 0 Å². The van der Waals surface area contributed by atoms with E-state index in [-0.39, 0.29) is 0 Å². The minimum atomic E-state index is 1.00. The molecule has 1 nitrogen and oxygen atoms in total. The average Bonchev–Trinajstić information content (AvgIpc) is 2.17. The predicted molar refractivity (Wildman–Crippen MR) is 57.5 cm³/mol. The third-order valence-corrected chi connectivity index (χ3v) is 2.85. The number of fused-ring (bicyclic) bond motifs is 2. The molecule has 13 heavy (non-hydrogen) atoms. The van der Waals surface area contributed by atoms with Crippen LogP contribution in [0.3, 0.4) is 0 Å². The van der Waals surface area contributed by atoms with E-state index in [1.807, 2.05) is 20.8 Å². The molecule has 3 rings (SSSR count). The van der Waals surface area contributed by atoms with Gasteiger partial charge in [-0.25, -0.2) is 0 Å². The summed E-state index contributed by atoms with van der Waals surface area (Å²) in [5.74, 6) is 8.13. The molecule has 0 N–H and O–H groups in total. The van der Waals surface area contributed by atoms with Crippen molar-refractivity contribution in [2.75, 3.05) is 19.6 Å². The first kappa shape index (κ1) is 10.6. The van der Waals surface area contributed by atoms with Crippen molar-refractivity contribution in [2.24, 2.45) is 11.8 Å². The van der Waals surface area contributed by atoms with Gasteiger partial charge in [-0.15, -0.1) is 5.92 Å². The van der Waals surface area contributed by atoms with E-state index in [9.17, 15) is 0 Å². The zero-order valence-electron chi connectivity index (χ0n) is 9.14. The molecule has 1 heteroatoms. The van der Waals surface area contributed by atoms with Gasteiger partial charge >= 0.3 is 0 Å². The summed E-state index contributed by atoms with van der Waals surface area (Å²) in [6.45, 7) is 9.55. The lowest BCUT2D eigenvalue weighted by atomic mass is 9.71. The van der Waals surface area contributed by atoms with Gasteiger partial charge in [0.25, 0.3) is 0 Å². The van der Waals surface area contributed by atoms with Crippen molar-refractivity contribution < 1.29 is 0 Å². The number of nitrogens with zero attached hydrogens (tertiary/aromatic N) is 1. The summed E-state index contributed by atoms with van der Waals surface area (Å²) in [6.07, 6.45) is 2.99. The van der Waals surface area contributed by atoms with E-state index in [0.29, 0.717) is 0 Å². The first-order valence-electron chi connectivity index (χ1n) is 5.50. The Labute approximate surface area is 82.5 Å². The van der Waals surface area contributed by atoms with E-state index in [4.69, 9.17) is 0 Å². The van der Waals surface area contributed by atoms with E-state index < -0.39 is 0 Å². The molecule has 0 radical (unpaired) electrons. The van der Waals surface area contributed by atoms with Crippen LogP contribution in [0.5, 0.6) is 0 Å². The Morgan fingerprint density at radius 2 is 1.69 bits per heavy atom. The normalized spacial score (nSPS) is 30.4. The second-order valence-electron chi connectivity index (χ2n) is 3.82. The summed E-state index contributed by atoms with van der Waals surface area (Å²) in [7, 11) is 0. The quantitative estimate of drug-likeness (QED) is 0.559. The summed E-state index contributed by atoms with van der Waals surface area (Å²) < 4.78 is 0. The van der Waals surface area contributed by atoms with Crippen molar-refractivity contribution in [3.8, 4) is 11.8 Å². The predicted octanol–water partition coefficient (Wildman–Crippen LogP) is 2.38. The number of hydrogen-bond acceptors (Lipinski definition) is 1. The van der Waals surface area contributed by atoms with Crippen molar-refractivity contribution in [3.63, 3.8) is 0 Å². The zero-order valence-corrected chi connectivity index (χ0v) is 9.14. The first-order chi connectivity index (χ1) is 6.38. The van der Waals surface area contributed by atoms with Crippen LogP contribution in [0.25, 0.3) is 0 Å². The Balaban J connectivity index is 0.000000396. The van der Waals surface area contributed by atoms with E-state index >= 15 is 0 Å². The minimum Gasteiger partial charge on any atom is -0.292 e. The van der Waals surface area contributed by atoms with Crippen LogP contribution >= 0.6 is 0 Å². The lowest BCUT2D eigenvalue weighted by molar-refractivity contribution is 0.0362. The van der Waals surface area contributed by atoms with Gasteiger partial charge in [0.15, 0.2) is 0 Å². The molecule has 2 heterocycles. The van der Waals surface area contributed by atoms with Crippen molar-refractivity contribution in [1.29, 1.82) is 0 Å². The van der Waals surface area contributed by atoms with Crippen molar-refractivity contribution in [2.45, 2.75) is 33.6 Å². The smallest absolute Gasteiger partial charge is 0.0601 e. The third-order valence-electron chi connectivity index (χ3n) is 2.85. The van der Waals surface area contributed by atoms with Crippen LogP contribution in [0.15, 0.2) is 0 Å². The Morgan fingerprint density at radius 1 is 1.15 bits per heavy atom. The maximum absolute atomic E-state index is 3.14. The van der Waals surface area contributed by atoms with E-state index in [1.165, 1.54) is 25.9 Å². The second kappa shape index (κ2) is 5.29. The molecule has 1 aliphatic carbocycles. The van der Waals surface area contributed by atoms with E-state index in [0.717, 1.165) is 18.4 Å². The highest BCUT2D eigenvalue weighted by molar-refractivity contribution is 5.00. The topological polar surface area (TPSA) is 3.24 Å². The van der Waals surface area contributed by atoms with Gasteiger partial charge in [0, 0.05) is 13.1 Å². The molecule has 3 fully saturated rings. The molecule has 3 aliphatic rings. The molecule has 1 saturated carbocycles. The molecule has 0 amide bonds. The molecule has 74 valence electrons. The van der Waals surface area contributed by atoms with Gasteiger partial charge in [-0.3, -0.25) is 4.90 Å². The fourth-order valence-corrected chi connectivity index (χ4v) is 2.30. The Bertz CT molecular complexity index is 183. The van der Waals surface area contributed by atoms with Gasteiger partial charge in [0.05, 0.1) is 6.54 Å². The van der Waals surface area contributed by atoms with Gasteiger partial charge in [-0.05, 0) is 31.6 Å². The van der Waals surface area contributed by atoms with Crippen LogP contribution < -0.4 is 0 Å². The standard InChI is InChI=1S/C10H15N.C2H6/c1-2-3-4-11-7-9-5-10(6-9)8-11;1-2/h9-10H,4-8H2,1H3;1-2H3. The van der Waals surface area contributed by atoms with Crippen LogP contribution in [0.2, 0.25) is 0 Å². The third kappa shape index (κ3) is 2.74. The van der Waals surface area contributed by atoms with Crippen molar-refractivity contribution in [1.82, 2.24) is 4.90 Å². The first-order valence-corrected chi connectivity index (χ1v) is 5.50. The molecular weight excluding hydrogens is 158 g/mol. The summed E-state index contributed by atoms with van der Waals surface area (Å²) in [4.78, 5) is 2.50. The molecule has 0 aromatic heterocycles. The van der Waals surface area contributed by atoms with Crippen LogP contribution in [-0.2, 0) is 0 Å². The van der Waals surface area contributed by atoms with Gasteiger partial charge < -0.3 is 0 Å². The molecule has 2 saturated heterocycles. The van der Waals surface area contributed by atoms with Crippen LogP contribution in [0.4, 0.5) is 0 Å². The van der Waals surface area contributed by atoms with Crippen LogP contribution in [-0.4, -0.2) is 24.5 Å². The van der Waals surface area contributed by atoms with Crippen LogP contribution in [0, 0.1) is 23.7 Å². The van der Waals surface area contributed by atoms with Gasteiger partial charge in [0.1, 0.15) is 0 Å². The highest BCUT2D eigenvalue weighted by atomic mass is 15.1. The molecule has 0 aromatic rings. The average molecular weight is 179 g/mol. The Morgan fingerprint density at radius 3 is 2.15 bits per heavy atom. The van der Waals surface area contributed by atoms with Crippen LogP contribution in [0.1, 0.15) is 33.6 Å². The second-order valence-corrected chi connectivity index (χ2v) is 3.82. The molecule has 0 spiro atoms. The van der Waals surface area contributed by atoms with Crippen molar-refractivity contribution in [3.05, 3.63) is 0 Å². The summed E-state index contributed by atoms with van der Waals surface area (Å²) in [6, 6.07) is 0. The van der Waals surface area contributed by atoms with E-state index in [2.05, 4.69) is 16.7 Å². The zero-order chi connectivity index (χ0) is 9.68. The Kier molecular flexibility index (Phi) is 4.32. The Hall–Kier alpha value is -0.480. The van der Waals surface area contributed by atoms with E-state index in [1.54, 1.807) is 0 Å². The molecule has 0 aromatic carbocycles. The highest BCUT2D eigenvalue weighted by Gasteiger charge is 2.36. The summed E-state index contributed by atoms with van der Waals surface area (Å²) >= 11 is 0. The molecule has 0 unspecified atom stereocenters. The summed E-state index contributed by atoms with van der Waals surface area (Å²) in [5, 5.41) is 0. The lowest BCUT2D eigenvalue weighted by Gasteiger charge is -2.46. The van der Waals surface area contributed by atoms with Gasteiger partial charge in [-0.1, -0.05) is 19.8 Å². The monoisotopic (exact) mass is 179 g/mol. The molecule has 2 aliphatic heterocycles. The SMILES string of the molecule is CC.CC#CCN1CC2CC(C2)C1. The maximum Gasteiger partial charge on any atom is 0.0601 e. The number of rotatable bonds is 1. The number of piperidine rings is 2. The fraction of sp³-hybridized carbons (Fsp3) is 0.833.